The molecule has 2 heterocycles. The lowest BCUT2D eigenvalue weighted by Crippen LogP contribution is -2.28. The van der Waals surface area contributed by atoms with Crippen LogP contribution in [0.5, 0.6) is 0 Å². The monoisotopic (exact) mass is 257 g/mol. The summed E-state index contributed by atoms with van der Waals surface area (Å²) in [5.74, 6) is 1.42. The van der Waals surface area contributed by atoms with Gasteiger partial charge in [-0.3, -0.25) is 4.40 Å². The van der Waals surface area contributed by atoms with Gasteiger partial charge in [-0.15, -0.1) is 11.3 Å². The number of rotatable bonds is 2. The number of aromatic nitrogens is 2. The third-order valence-electron chi connectivity index (χ3n) is 4.84. The van der Waals surface area contributed by atoms with E-state index in [0.717, 1.165) is 29.4 Å². The predicted molar refractivity (Wildman–Crippen MR) is 70.3 cm³/mol. The molecule has 2 fully saturated rings. The molecular weight excluding hydrogens is 242 g/mol. The van der Waals surface area contributed by atoms with Crippen molar-refractivity contribution < 1.29 is 0 Å². The smallest absolute Gasteiger partial charge is 0.193 e. The van der Waals surface area contributed by atoms with Crippen LogP contribution in [0.3, 0.4) is 0 Å². The van der Waals surface area contributed by atoms with Gasteiger partial charge in [0, 0.05) is 24.2 Å². The molecule has 3 unspecified atom stereocenters. The van der Waals surface area contributed by atoms with Gasteiger partial charge in [0.2, 0.25) is 0 Å². The van der Waals surface area contributed by atoms with Crippen LogP contribution >= 0.6 is 11.3 Å². The standard InChI is InChI=1S/C14H15N3S/c15-9-14(6-10-1-2-11(14)5-10)7-12-8-17-3-4-18-13(17)16-12/h3-4,8,10-11H,1-2,5-7H2. The largest absolute Gasteiger partial charge is 0.297 e. The molecule has 2 bridgehead atoms. The van der Waals surface area contributed by atoms with Crippen LogP contribution in [0.1, 0.15) is 31.4 Å². The first-order valence-electron chi connectivity index (χ1n) is 6.61. The maximum atomic E-state index is 9.64. The average molecular weight is 257 g/mol. The van der Waals surface area contributed by atoms with Crippen molar-refractivity contribution in [2.45, 2.75) is 32.1 Å². The second-order valence-corrected chi connectivity index (χ2v) is 6.72. The minimum Gasteiger partial charge on any atom is -0.297 e. The summed E-state index contributed by atoms with van der Waals surface area (Å²) in [6.45, 7) is 0. The van der Waals surface area contributed by atoms with Crippen LogP contribution < -0.4 is 0 Å². The fraction of sp³-hybridized carbons (Fsp3) is 0.571. The van der Waals surface area contributed by atoms with E-state index in [1.54, 1.807) is 11.3 Å². The number of nitriles is 1. The third-order valence-corrected chi connectivity index (χ3v) is 5.61. The molecular formula is C14H15N3S. The van der Waals surface area contributed by atoms with E-state index in [-0.39, 0.29) is 5.41 Å². The van der Waals surface area contributed by atoms with Crippen LogP contribution in [0.4, 0.5) is 0 Å². The molecule has 3 atom stereocenters. The van der Waals surface area contributed by atoms with Gasteiger partial charge in [0.1, 0.15) is 0 Å². The first-order chi connectivity index (χ1) is 8.79. The van der Waals surface area contributed by atoms with Gasteiger partial charge in [-0.1, -0.05) is 6.42 Å². The summed E-state index contributed by atoms with van der Waals surface area (Å²) in [5, 5.41) is 11.7. The molecule has 0 N–H and O–H groups in total. The van der Waals surface area contributed by atoms with Gasteiger partial charge in [-0.2, -0.15) is 5.26 Å². The minimum absolute atomic E-state index is 0.118. The normalized spacial score (nSPS) is 34.2. The van der Waals surface area contributed by atoms with Gasteiger partial charge >= 0.3 is 0 Å². The minimum atomic E-state index is -0.118. The Balaban J connectivity index is 1.67. The highest BCUT2D eigenvalue weighted by Crippen LogP contribution is 2.56. The second kappa shape index (κ2) is 3.58. The average Bonchev–Trinajstić information content (AvgIpc) is 3.06. The maximum Gasteiger partial charge on any atom is 0.193 e. The van der Waals surface area contributed by atoms with E-state index in [1.165, 1.54) is 19.3 Å². The van der Waals surface area contributed by atoms with Crippen molar-refractivity contribution in [2.24, 2.45) is 17.3 Å². The molecule has 2 aliphatic carbocycles. The maximum absolute atomic E-state index is 9.64. The molecule has 0 radical (unpaired) electrons. The summed E-state index contributed by atoms with van der Waals surface area (Å²) in [7, 11) is 0. The van der Waals surface area contributed by atoms with E-state index in [9.17, 15) is 5.26 Å². The molecule has 3 nitrogen and oxygen atoms in total. The van der Waals surface area contributed by atoms with E-state index < -0.39 is 0 Å². The molecule has 4 heteroatoms. The Hall–Kier alpha value is -1.34. The number of thiazole rings is 1. The third kappa shape index (κ3) is 1.37. The lowest BCUT2D eigenvalue weighted by atomic mass is 9.71. The van der Waals surface area contributed by atoms with E-state index in [1.807, 2.05) is 11.6 Å². The highest BCUT2D eigenvalue weighted by atomic mass is 32.1. The predicted octanol–water partition coefficient (Wildman–Crippen LogP) is 3.27. The van der Waals surface area contributed by atoms with Crippen molar-refractivity contribution in [1.29, 1.82) is 5.26 Å². The van der Waals surface area contributed by atoms with Crippen molar-refractivity contribution in [1.82, 2.24) is 9.38 Å². The van der Waals surface area contributed by atoms with E-state index in [4.69, 9.17) is 0 Å². The van der Waals surface area contributed by atoms with Gasteiger partial charge < -0.3 is 0 Å². The summed E-state index contributed by atoms with van der Waals surface area (Å²) < 4.78 is 2.07. The Morgan fingerprint density at radius 3 is 3.17 bits per heavy atom. The summed E-state index contributed by atoms with van der Waals surface area (Å²) in [6.07, 6.45) is 9.94. The van der Waals surface area contributed by atoms with Crippen LogP contribution in [0.2, 0.25) is 0 Å². The van der Waals surface area contributed by atoms with Crippen LogP contribution in [-0.2, 0) is 6.42 Å². The molecule has 2 aliphatic rings. The summed E-state index contributed by atoms with van der Waals surface area (Å²) in [5.41, 5.74) is 0.975. The van der Waals surface area contributed by atoms with Crippen LogP contribution in [0, 0.1) is 28.6 Å². The lowest BCUT2D eigenvalue weighted by molar-refractivity contribution is 0.237. The zero-order chi connectivity index (χ0) is 12.2. The Labute approximate surface area is 110 Å². The van der Waals surface area contributed by atoms with E-state index in [2.05, 4.69) is 21.7 Å². The molecule has 92 valence electrons. The second-order valence-electron chi connectivity index (χ2n) is 5.85. The quantitative estimate of drug-likeness (QED) is 0.828. The zero-order valence-electron chi connectivity index (χ0n) is 10.2. The Kier molecular flexibility index (Phi) is 2.10. The number of fused-ring (bicyclic) bond motifs is 3. The Morgan fingerprint density at radius 2 is 2.50 bits per heavy atom. The van der Waals surface area contributed by atoms with Gasteiger partial charge in [0.15, 0.2) is 4.96 Å². The summed E-state index contributed by atoms with van der Waals surface area (Å²) in [4.78, 5) is 5.69. The molecule has 0 saturated heterocycles. The Morgan fingerprint density at radius 1 is 1.56 bits per heavy atom. The topological polar surface area (TPSA) is 41.1 Å². The van der Waals surface area contributed by atoms with Crippen molar-refractivity contribution in [3.05, 3.63) is 23.5 Å². The Bertz CT molecular complexity index is 606. The van der Waals surface area contributed by atoms with Gasteiger partial charge in [0.25, 0.3) is 0 Å². The molecule has 2 aromatic rings. The number of imidazole rings is 1. The molecule has 4 rings (SSSR count). The van der Waals surface area contributed by atoms with Crippen molar-refractivity contribution in [2.75, 3.05) is 0 Å². The molecule has 0 spiro atoms. The number of hydrogen-bond donors (Lipinski definition) is 0. The first-order valence-corrected chi connectivity index (χ1v) is 7.49. The molecule has 2 saturated carbocycles. The number of hydrogen-bond acceptors (Lipinski definition) is 3. The molecule has 18 heavy (non-hydrogen) atoms. The fourth-order valence-electron chi connectivity index (χ4n) is 4.02. The van der Waals surface area contributed by atoms with Gasteiger partial charge in [-0.05, 0) is 31.1 Å². The highest BCUT2D eigenvalue weighted by Gasteiger charge is 2.51. The molecule has 2 aromatic heterocycles. The van der Waals surface area contributed by atoms with Crippen molar-refractivity contribution in [3.63, 3.8) is 0 Å². The molecule has 0 amide bonds. The zero-order valence-corrected chi connectivity index (χ0v) is 11.0. The summed E-state index contributed by atoms with van der Waals surface area (Å²) in [6, 6.07) is 2.65. The molecule has 0 aliphatic heterocycles. The molecule has 0 aromatic carbocycles. The van der Waals surface area contributed by atoms with Crippen LogP contribution in [-0.4, -0.2) is 9.38 Å². The lowest BCUT2D eigenvalue weighted by Gasteiger charge is -2.30. The van der Waals surface area contributed by atoms with Crippen LogP contribution in [0.25, 0.3) is 4.96 Å². The van der Waals surface area contributed by atoms with Crippen LogP contribution in [0.15, 0.2) is 17.8 Å². The van der Waals surface area contributed by atoms with Gasteiger partial charge in [-0.25, -0.2) is 4.98 Å². The van der Waals surface area contributed by atoms with E-state index >= 15 is 0 Å². The van der Waals surface area contributed by atoms with E-state index in [0.29, 0.717) is 5.92 Å². The SMILES string of the molecule is N#CC1(Cc2cn3ccsc3n2)CC2CCC1C2. The summed E-state index contributed by atoms with van der Waals surface area (Å²) >= 11 is 1.66. The van der Waals surface area contributed by atoms with Gasteiger partial charge in [0.05, 0.1) is 17.2 Å². The fourth-order valence-corrected chi connectivity index (χ4v) is 4.74. The highest BCUT2D eigenvalue weighted by molar-refractivity contribution is 7.15. The van der Waals surface area contributed by atoms with Crippen molar-refractivity contribution >= 4 is 16.3 Å². The first kappa shape index (κ1) is 10.6. The van der Waals surface area contributed by atoms with Crippen molar-refractivity contribution in [3.8, 4) is 6.07 Å². The number of nitrogens with zero attached hydrogens (tertiary/aromatic N) is 3.